The molecule has 0 saturated heterocycles. The molecular weight excluding hydrogens is 399 g/mol. The second kappa shape index (κ2) is 9.73. The maximum absolute atomic E-state index is 12.8. The van der Waals surface area contributed by atoms with E-state index in [-0.39, 0.29) is 5.89 Å². The van der Waals surface area contributed by atoms with Gasteiger partial charge in [0.15, 0.2) is 6.29 Å². The van der Waals surface area contributed by atoms with Crippen molar-refractivity contribution in [3.8, 4) is 11.5 Å². The average molecular weight is 421 g/mol. The highest BCUT2D eigenvalue weighted by Gasteiger charge is 2.30. The molecule has 30 heavy (non-hydrogen) atoms. The number of hydrogen-bond acceptors (Lipinski definition) is 6. The number of benzene rings is 2. The van der Waals surface area contributed by atoms with Gasteiger partial charge in [-0.15, -0.1) is 10.2 Å². The molecule has 0 atom stereocenters. The summed E-state index contributed by atoms with van der Waals surface area (Å²) in [5.74, 6) is 0.646. The van der Waals surface area contributed by atoms with Crippen molar-refractivity contribution in [3.05, 3.63) is 60.0 Å². The van der Waals surface area contributed by atoms with Crippen LogP contribution in [0.15, 0.2) is 52.9 Å². The highest BCUT2D eigenvalue weighted by Crippen LogP contribution is 2.32. The van der Waals surface area contributed by atoms with E-state index in [0.29, 0.717) is 42.5 Å². The Bertz CT molecular complexity index is 936. The second-order valence-corrected chi connectivity index (χ2v) is 6.29. The molecule has 1 N–H and O–H groups in total. The molecule has 6 nitrogen and oxygen atoms in total. The molecule has 1 heterocycles. The van der Waals surface area contributed by atoms with Gasteiger partial charge in [-0.1, -0.05) is 12.1 Å². The van der Waals surface area contributed by atoms with Crippen LogP contribution in [0.2, 0.25) is 0 Å². The number of aromatic nitrogens is 2. The molecule has 0 aliphatic carbocycles. The van der Waals surface area contributed by atoms with Crippen LogP contribution in [0.25, 0.3) is 11.5 Å². The third-order valence-electron chi connectivity index (χ3n) is 4.16. The summed E-state index contributed by atoms with van der Waals surface area (Å²) in [5, 5.41) is 11.2. The molecule has 0 saturated carbocycles. The number of halogens is 3. The minimum atomic E-state index is -4.38. The molecule has 160 valence electrons. The molecule has 3 aromatic rings. The Balaban J connectivity index is 1.78. The monoisotopic (exact) mass is 421 g/mol. The fourth-order valence-corrected chi connectivity index (χ4v) is 2.80. The summed E-state index contributed by atoms with van der Waals surface area (Å²) in [6.45, 7) is 4.72. The maximum Gasteiger partial charge on any atom is 0.416 e. The number of rotatable bonds is 9. The smallest absolute Gasteiger partial charge is 0.416 e. The molecular formula is C21H22F3N3O3. The molecule has 2 aromatic carbocycles. The number of alkyl halides is 3. The number of para-hydroxylation sites is 1. The van der Waals surface area contributed by atoms with Gasteiger partial charge in [0.05, 0.1) is 23.2 Å². The zero-order chi connectivity index (χ0) is 21.6. The SMILES string of the molecule is CCOC(Cc1nnc(-c2ccccc2Nc2ccc(C(F)(F)F)cc2)o1)OCC. The first-order valence-electron chi connectivity index (χ1n) is 9.50. The molecule has 0 bridgehead atoms. The molecule has 0 aliphatic rings. The molecule has 9 heteroatoms. The first kappa shape index (κ1) is 21.8. The van der Waals surface area contributed by atoms with Gasteiger partial charge in [-0.2, -0.15) is 13.2 Å². The number of hydrogen-bond donors (Lipinski definition) is 1. The van der Waals surface area contributed by atoms with Crippen LogP contribution in [0.4, 0.5) is 24.5 Å². The van der Waals surface area contributed by atoms with Crippen molar-refractivity contribution in [1.82, 2.24) is 10.2 Å². The summed E-state index contributed by atoms with van der Waals surface area (Å²) >= 11 is 0. The van der Waals surface area contributed by atoms with Crippen LogP contribution in [-0.4, -0.2) is 29.7 Å². The average Bonchev–Trinajstić information content (AvgIpc) is 3.17. The highest BCUT2D eigenvalue weighted by atomic mass is 19.4. The van der Waals surface area contributed by atoms with E-state index in [0.717, 1.165) is 12.1 Å². The Hall–Kier alpha value is -2.91. The summed E-state index contributed by atoms with van der Waals surface area (Å²) in [5.41, 5.74) is 1.04. The highest BCUT2D eigenvalue weighted by molar-refractivity contribution is 5.76. The predicted octanol–water partition coefficient (Wildman–Crippen LogP) is 5.44. The minimum Gasteiger partial charge on any atom is -0.420 e. The Kier molecular flexibility index (Phi) is 7.07. The van der Waals surface area contributed by atoms with E-state index in [4.69, 9.17) is 13.9 Å². The fraction of sp³-hybridized carbons (Fsp3) is 0.333. The molecule has 0 unspecified atom stereocenters. The summed E-state index contributed by atoms with van der Waals surface area (Å²) in [6.07, 6.45) is -4.55. The molecule has 0 radical (unpaired) electrons. The van der Waals surface area contributed by atoms with Gasteiger partial charge < -0.3 is 19.2 Å². The van der Waals surface area contributed by atoms with E-state index in [1.165, 1.54) is 12.1 Å². The third-order valence-corrected chi connectivity index (χ3v) is 4.16. The molecule has 3 rings (SSSR count). The Morgan fingerprint density at radius 2 is 1.63 bits per heavy atom. The van der Waals surface area contributed by atoms with E-state index in [1.807, 2.05) is 13.8 Å². The molecule has 0 amide bonds. The second-order valence-electron chi connectivity index (χ2n) is 6.29. The fourth-order valence-electron chi connectivity index (χ4n) is 2.80. The molecule has 0 fully saturated rings. The lowest BCUT2D eigenvalue weighted by Crippen LogP contribution is -2.20. The lowest BCUT2D eigenvalue weighted by molar-refractivity contribution is -0.137. The summed E-state index contributed by atoms with van der Waals surface area (Å²) in [7, 11) is 0. The Labute approximate surface area is 172 Å². The van der Waals surface area contributed by atoms with Crippen molar-refractivity contribution in [2.75, 3.05) is 18.5 Å². The normalized spacial score (nSPS) is 11.8. The van der Waals surface area contributed by atoms with Crippen molar-refractivity contribution >= 4 is 11.4 Å². The summed E-state index contributed by atoms with van der Waals surface area (Å²) in [4.78, 5) is 0. The van der Waals surface area contributed by atoms with Crippen LogP contribution in [0.1, 0.15) is 25.3 Å². The van der Waals surface area contributed by atoms with Crippen LogP contribution in [0.5, 0.6) is 0 Å². The van der Waals surface area contributed by atoms with Crippen molar-refractivity contribution in [2.45, 2.75) is 32.7 Å². The topological polar surface area (TPSA) is 69.4 Å². The zero-order valence-electron chi connectivity index (χ0n) is 16.6. The van der Waals surface area contributed by atoms with Crippen LogP contribution >= 0.6 is 0 Å². The van der Waals surface area contributed by atoms with Gasteiger partial charge in [-0.3, -0.25) is 0 Å². The summed E-state index contributed by atoms with van der Waals surface area (Å²) in [6, 6.07) is 12.0. The quantitative estimate of drug-likeness (QED) is 0.464. The van der Waals surface area contributed by atoms with E-state index in [9.17, 15) is 13.2 Å². The minimum absolute atomic E-state index is 0.284. The summed E-state index contributed by atoms with van der Waals surface area (Å²) < 4.78 is 55.0. The van der Waals surface area contributed by atoms with Gasteiger partial charge in [0.1, 0.15) is 0 Å². The number of ether oxygens (including phenoxy) is 2. The first-order valence-corrected chi connectivity index (χ1v) is 9.50. The van der Waals surface area contributed by atoms with Crippen LogP contribution in [-0.2, 0) is 22.1 Å². The van der Waals surface area contributed by atoms with Gasteiger partial charge in [-0.25, -0.2) is 0 Å². The molecule has 1 aromatic heterocycles. The van der Waals surface area contributed by atoms with E-state index < -0.39 is 18.0 Å². The third kappa shape index (κ3) is 5.58. The lowest BCUT2D eigenvalue weighted by atomic mass is 10.1. The number of anilines is 2. The van der Waals surface area contributed by atoms with Crippen LogP contribution in [0.3, 0.4) is 0 Å². The van der Waals surface area contributed by atoms with Gasteiger partial charge in [0.2, 0.25) is 11.8 Å². The number of nitrogens with zero attached hydrogens (tertiary/aromatic N) is 2. The van der Waals surface area contributed by atoms with Gasteiger partial charge in [-0.05, 0) is 50.2 Å². The van der Waals surface area contributed by atoms with Crippen molar-refractivity contribution in [1.29, 1.82) is 0 Å². The van der Waals surface area contributed by atoms with Crippen molar-refractivity contribution < 1.29 is 27.1 Å². The molecule has 0 spiro atoms. The van der Waals surface area contributed by atoms with E-state index in [2.05, 4.69) is 15.5 Å². The molecule has 0 aliphatic heterocycles. The lowest BCUT2D eigenvalue weighted by Gasteiger charge is -2.14. The number of nitrogens with one attached hydrogen (secondary N) is 1. The zero-order valence-corrected chi connectivity index (χ0v) is 16.6. The van der Waals surface area contributed by atoms with Crippen LogP contribution < -0.4 is 5.32 Å². The van der Waals surface area contributed by atoms with E-state index >= 15 is 0 Å². The van der Waals surface area contributed by atoms with Crippen LogP contribution in [0, 0.1) is 0 Å². The standard InChI is InChI=1S/C21H22F3N3O3/c1-3-28-19(29-4-2)13-18-26-27-20(30-18)16-7-5-6-8-17(16)25-15-11-9-14(10-12-15)21(22,23)24/h5-12,19,25H,3-4,13H2,1-2H3. The first-order chi connectivity index (χ1) is 14.4. The maximum atomic E-state index is 12.8. The van der Waals surface area contributed by atoms with Crippen molar-refractivity contribution in [3.63, 3.8) is 0 Å². The Morgan fingerprint density at radius 1 is 0.967 bits per heavy atom. The van der Waals surface area contributed by atoms with Gasteiger partial charge >= 0.3 is 6.18 Å². The van der Waals surface area contributed by atoms with Crippen molar-refractivity contribution in [2.24, 2.45) is 0 Å². The largest absolute Gasteiger partial charge is 0.420 e. The predicted molar refractivity (Wildman–Crippen MR) is 105 cm³/mol. The van der Waals surface area contributed by atoms with E-state index in [1.54, 1.807) is 24.3 Å². The Morgan fingerprint density at radius 3 is 2.27 bits per heavy atom. The van der Waals surface area contributed by atoms with Gasteiger partial charge in [0.25, 0.3) is 0 Å². The van der Waals surface area contributed by atoms with Gasteiger partial charge in [0, 0.05) is 18.9 Å².